The van der Waals surface area contributed by atoms with E-state index in [4.69, 9.17) is 9.52 Å². The van der Waals surface area contributed by atoms with Crippen LogP contribution in [0, 0.1) is 0 Å². The minimum Gasteiger partial charge on any atom is -0.477 e. The van der Waals surface area contributed by atoms with Crippen molar-refractivity contribution in [1.82, 2.24) is 14.8 Å². The molecule has 72 valence electrons. The number of hydrogen-bond acceptors (Lipinski definition) is 4. The number of aromatic carboxylic acids is 1. The van der Waals surface area contributed by atoms with E-state index in [0.717, 1.165) is 0 Å². The van der Waals surface area contributed by atoms with E-state index in [9.17, 15) is 4.79 Å². The highest BCUT2D eigenvalue weighted by Gasteiger charge is 2.14. The number of rotatable bonds is 2. The molecule has 0 unspecified atom stereocenters. The van der Waals surface area contributed by atoms with Gasteiger partial charge in [0.25, 0.3) is 0 Å². The van der Waals surface area contributed by atoms with Gasteiger partial charge in [-0.15, -0.1) is 0 Å². The van der Waals surface area contributed by atoms with E-state index < -0.39 is 5.97 Å². The Hall–Kier alpha value is -2.11. The second kappa shape index (κ2) is 2.99. The third-order valence-electron chi connectivity index (χ3n) is 1.78. The maximum atomic E-state index is 10.7. The highest BCUT2D eigenvalue weighted by Crippen LogP contribution is 2.17. The number of carbonyl (C=O) groups is 1. The predicted octanol–water partition coefficient (Wildman–Crippen LogP) is 0.773. The maximum absolute atomic E-state index is 10.7. The Morgan fingerprint density at radius 3 is 2.93 bits per heavy atom. The molecule has 0 spiro atoms. The minimum atomic E-state index is -1.02. The first-order valence-corrected chi connectivity index (χ1v) is 3.84. The van der Waals surface area contributed by atoms with Crippen molar-refractivity contribution in [2.45, 2.75) is 0 Å². The fourth-order valence-electron chi connectivity index (χ4n) is 1.13. The van der Waals surface area contributed by atoms with E-state index in [1.54, 1.807) is 7.05 Å². The summed E-state index contributed by atoms with van der Waals surface area (Å²) in [4.78, 5) is 14.4. The number of carboxylic acids is 1. The SMILES string of the molecule is Cn1nc(-c2cnco2)cc1C(=O)O. The van der Waals surface area contributed by atoms with Crippen molar-refractivity contribution in [2.24, 2.45) is 7.05 Å². The molecule has 6 heteroatoms. The molecular weight excluding hydrogens is 186 g/mol. The van der Waals surface area contributed by atoms with Crippen LogP contribution in [0.25, 0.3) is 11.5 Å². The summed E-state index contributed by atoms with van der Waals surface area (Å²) in [5.74, 6) is -0.570. The zero-order valence-corrected chi connectivity index (χ0v) is 7.34. The van der Waals surface area contributed by atoms with Crippen LogP contribution in [0.3, 0.4) is 0 Å². The molecule has 2 rings (SSSR count). The molecule has 0 amide bonds. The monoisotopic (exact) mass is 193 g/mol. The molecule has 0 atom stereocenters. The van der Waals surface area contributed by atoms with Gasteiger partial charge in [0.05, 0.1) is 6.20 Å². The molecule has 2 aromatic rings. The zero-order valence-electron chi connectivity index (χ0n) is 7.34. The van der Waals surface area contributed by atoms with Crippen molar-refractivity contribution in [3.05, 3.63) is 24.4 Å². The fourth-order valence-corrected chi connectivity index (χ4v) is 1.13. The highest BCUT2D eigenvalue weighted by molar-refractivity contribution is 5.86. The summed E-state index contributed by atoms with van der Waals surface area (Å²) in [6, 6.07) is 1.43. The van der Waals surface area contributed by atoms with Crippen molar-refractivity contribution < 1.29 is 14.3 Å². The van der Waals surface area contributed by atoms with Crippen LogP contribution in [-0.4, -0.2) is 25.8 Å². The average molecular weight is 193 g/mol. The third-order valence-corrected chi connectivity index (χ3v) is 1.78. The van der Waals surface area contributed by atoms with E-state index in [-0.39, 0.29) is 5.69 Å². The van der Waals surface area contributed by atoms with E-state index >= 15 is 0 Å². The van der Waals surface area contributed by atoms with Crippen molar-refractivity contribution >= 4 is 5.97 Å². The Kier molecular flexibility index (Phi) is 1.81. The highest BCUT2D eigenvalue weighted by atomic mass is 16.4. The van der Waals surface area contributed by atoms with Crippen LogP contribution in [-0.2, 0) is 7.05 Å². The third kappa shape index (κ3) is 1.26. The minimum absolute atomic E-state index is 0.108. The molecule has 1 N–H and O–H groups in total. The lowest BCUT2D eigenvalue weighted by Crippen LogP contribution is -2.04. The van der Waals surface area contributed by atoms with Gasteiger partial charge in [-0.3, -0.25) is 4.68 Å². The standard InChI is InChI=1S/C8H7N3O3/c1-11-6(8(12)13)2-5(10-11)7-3-9-4-14-7/h2-4H,1H3,(H,12,13). The second-order valence-electron chi connectivity index (χ2n) is 2.71. The normalized spacial score (nSPS) is 10.4. The molecule has 0 aliphatic carbocycles. The van der Waals surface area contributed by atoms with E-state index in [2.05, 4.69) is 10.1 Å². The first kappa shape index (κ1) is 8.49. The average Bonchev–Trinajstić information content (AvgIpc) is 2.70. The fraction of sp³-hybridized carbons (Fsp3) is 0.125. The van der Waals surface area contributed by atoms with Crippen molar-refractivity contribution in [3.8, 4) is 11.5 Å². The van der Waals surface area contributed by atoms with Gasteiger partial charge in [0.15, 0.2) is 12.2 Å². The van der Waals surface area contributed by atoms with E-state index in [0.29, 0.717) is 11.5 Å². The Morgan fingerprint density at radius 1 is 1.64 bits per heavy atom. The molecule has 0 radical (unpaired) electrons. The lowest BCUT2D eigenvalue weighted by molar-refractivity contribution is 0.0685. The lowest BCUT2D eigenvalue weighted by Gasteiger charge is -1.91. The van der Waals surface area contributed by atoms with Gasteiger partial charge < -0.3 is 9.52 Å². The van der Waals surface area contributed by atoms with Crippen LogP contribution in [0.2, 0.25) is 0 Å². The number of nitrogens with zero attached hydrogens (tertiary/aromatic N) is 3. The van der Waals surface area contributed by atoms with Gasteiger partial charge >= 0.3 is 5.97 Å². The van der Waals surface area contributed by atoms with Gasteiger partial charge in [-0.2, -0.15) is 5.10 Å². The molecule has 0 aliphatic heterocycles. The number of carboxylic acid groups (broad SMARTS) is 1. The van der Waals surface area contributed by atoms with Crippen LogP contribution in [0.1, 0.15) is 10.5 Å². The molecule has 0 saturated carbocycles. The Morgan fingerprint density at radius 2 is 2.43 bits per heavy atom. The van der Waals surface area contributed by atoms with Gasteiger partial charge in [-0.1, -0.05) is 0 Å². The predicted molar refractivity (Wildman–Crippen MR) is 45.7 cm³/mol. The number of aryl methyl sites for hydroxylation is 1. The summed E-state index contributed by atoms with van der Waals surface area (Å²) in [5.41, 5.74) is 0.568. The first-order valence-electron chi connectivity index (χ1n) is 3.84. The van der Waals surface area contributed by atoms with Crippen LogP contribution in [0.15, 0.2) is 23.1 Å². The molecule has 2 heterocycles. The number of oxazole rings is 1. The summed E-state index contributed by atoms with van der Waals surface area (Å²) in [6.45, 7) is 0. The zero-order chi connectivity index (χ0) is 10.1. The molecule has 14 heavy (non-hydrogen) atoms. The Bertz CT molecular complexity index is 458. The van der Waals surface area contributed by atoms with Gasteiger partial charge in [0, 0.05) is 13.1 Å². The van der Waals surface area contributed by atoms with Crippen LogP contribution < -0.4 is 0 Å². The lowest BCUT2D eigenvalue weighted by atomic mass is 10.3. The number of hydrogen-bond donors (Lipinski definition) is 1. The topological polar surface area (TPSA) is 81.2 Å². The van der Waals surface area contributed by atoms with Crippen LogP contribution in [0.5, 0.6) is 0 Å². The molecular formula is C8H7N3O3. The summed E-state index contributed by atoms with van der Waals surface area (Å²) < 4.78 is 6.27. The molecule has 0 saturated heterocycles. The summed E-state index contributed by atoms with van der Waals surface area (Å²) >= 11 is 0. The summed E-state index contributed by atoms with van der Waals surface area (Å²) in [5, 5.41) is 12.7. The molecule has 2 aromatic heterocycles. The quantitative estimate of drug-likeness (QED) is 0.761. The smallest absolute Gasteiger partial charge is 0.354 e. The van der Waals surface area contributed by atoms with Gasteiger partial charge in [-0.25, -0.2) is 9.78 Å². The van der Waals surface area contributed by atoms with Crippen molar-refractivity contribution in [3.63, 3.8) is 0 Å². The molecule has 6 nitrogen and oxygen atoms in total. The van der Waals surface area contributed by atoms with Gasteiger partial charge in [0.2, 0.25) is 0 Å². The second-order valence-corrected chi connectivity index (χ2v) is 2.71. The summed E-state index contributed by atoms with van der Waals surface area (Å²) in [7, 11) is 1.56. The molecule has 0 aromatic carbocycles. The summed E-state index contributed by atoms with van der Waals surface area (Å²) in [6.07, 6.45) is 2.75. The van der Waals surface area contributed by atoms with Gasteiger partial charge in [-0.05, 0) is 0 Å². The number of aromatic nitrogens is 3. The van der Waals surface area contributed by atoms with Crippen LogP contribution in [0.4, 0.5) is 0 Å². The largest absolute Gasteiger partial charge is 0.477 e. The maximum Gasteiger partial charge on any atom is 0.354 e. The van der Waals surface area contributed by atoms with Crippen molar-refractivity contribution in [2.75, 3.05) is 0 Å². The molecule has 0 aliphatic rings. The molecule has 0 bridgehead atoms. The van der Waals surface area contributed by atoms with Gasteiger partial charge in [0.1, 0.15) is 11.4 Å². The first-order chi connectivity index (χ1) is 6.68. The van der Waals surface area contributed by atoms with Crippen molar-refractivity contribution in [1.29, 1.82) is 0 Å². The van der Waals surface area contributed by atoms with Crippen LogP contribution >= 0.6 is 0 Å². The van der Waals surface area contributed by atoms with E-state index in [1.165, 1.54) is 23.3 Å². The van der Waals surface area contributed by atoms with E-state index in [1.807, 2.05) is 0 Å². The Labute approximate surface area is 78.8 Å². The Balaban J connectivity index is 2.48. The molecule has 0 fully saturated rings.